The van der Waals surface area contributed by atoms with E-state index < -0.39 is 0 Å². The van der Waals surface area contributed by atoms with Crippen LogP contribution in [0.15, 0.2) is 36.4 Å². The van der Waals surface area contributed by atoms with Gasteiger partial charge in [-0.3, -0.25) is 9.69 Å². The van der Waals surface area contributed by atoms with Crippen LogP contribution in [0.25, 0.3) is 0 Å². The van der Waals surface area contributed by atoms with Gasteiger partial charge in [-0.2, -0.15) is 0 Å². The van der Waals surface area contributed by atoms with E-state index in [1.54, 1.807) is 37.3 Å². The van der Waals surface area contributed by atoms with Gasteiger partial charge in [-0.1, -0.05) is 11.6 Å². The zero-order chi connectivity index (χ0) is 21.3. The van der Waals surface area contributed by atoms with Crippen LogP contribution in [0.2, 0.25) is 5.02 Å². The molecule has 2 aromatic rings. The molecule has 0 aromatic heterocycles. The lowest BCUT2D eigenvalue weighted by molar-refractivity contribution is 0.0734. The average Bonchev–Trinajstić information content (AvgIpc) is 3.42. The second-order valence-electron chi connectivity index (χ2n) is 7.31. The van der Waals surface area contributed by atoms with Gasteiger partial charge >= 0.3 is 6.03 Å². The highest BCUT2D eigenvalue weighted by atomic mass is 35.5. The van der Waals surface area contributed by atoms with Crippen molar-refractivity contribution in [3.63, 3.8) is 0 Å². The van der Waals surface area contributed by atoms with Crippen molar-refractivity contribution in [3.8, 4) is 11.5 Å². The Morgan fingerprint density at radius 3 is 2.67 bits per heavy atom. The maximum absolute atomic E-state index is 13.5. The van der Waals surface area contributed by atoms with Crippen LogP contribution in [0.5, 0.6) is 11.5 Å². The Kier molecular flexibility index (Phi) is 5.72. The number of urea groups is 1. The van der Waals surface area contributed by atoms with Crippen LogP contribution in [0.4, 0.5) is 10.5 Å². The number of amides is 3. The number of nitrogens with one attached hydrogen (secondary N) is 1. The molecule has 2 aromatic carbocycles. The van der Waals surface area contributed by atoms with Crippen molar-refractivity contribution in [2.75, 3.05) is 38.8 Å². The smallest absolute Gasteiger partial charge is 0.321 e. The molecule has 4 rings (SSSR count). The number of nitrogens with zero attached hydrogens (tertiary/aromatic N) is 2. The second-order valence-corrected chi connectivity index (χ2v) is 7.72. The van der Waals surface area contributed by atoms with Gasteiger partial charge in [0.1, 0.15) is 11.5 Å². The molecule has 2 fully saturated rings. The van der Waals surface area contributed by atoms with Gasteiger partial charge in [-0.25, -0.2) is 4.79 Å². The molecule has 1 N–H and O–H groups in total. The molecule has 0 spiro atoms. The fourth-order valence-corrected chi connectivity index (χ4v) is 4.34. The molecule has 1 atom stereocenters. The van der Waals surface area contributed by atoms with Crippen molar-refractivity contribution < 1.29 is 19.1 Å². The first kappa shape index (κ1) is 20.3. The van der Waals surface area contributed by atoms with E-state index in [9.17, 15) is 9.59 Å². The Labute approximate surface area is 180 Å². The van der Waals surface area contributed by atoms with Crippen LogP contribution in [-0.2, 0) is 0 Å². The van der Waals surface area contributed by atoms with Gasteiger partial charge in [-0.05, 0) is 43.2 Å². The predicted molar refractivity (Wildman–Crippen MR) is 115 cm³/mol. The van der Waals surface area contributed by atoms with Crippen molar-refractivity contribution in [3.05, 3.63) is 52.5 Å². The molecule has 0 saturated carbocycles. The molecule has 2 aliphatic rings. The number of ether oxygens (including phenoxy) is 2. The summed E-state index contributed by atoms with van der Waals surface area (Å²) < 4.78 is 10.9. The predicted octanol–water partition coefficient (Wildman–Crippen LogP) is 3.86. The maximum Gasteiger partial charge on any atom is 0.321 e. The summed E-state index contributed by atoms with van der Waals surface area (Å²) in [6.07, 6.45) is 1.72. The summed E-state index contributed by atoms with van der Waals surface area (Å²) in [6.45, 7) is 1.77. The molecule has 2 saturated heterocycles. The highest BCUT2D eigenvalue weighted by molar-refractivity contribution is 6.34. The SMILES string of the molecule is COc1ccc([C@H]2CCCN2C(=O)c2cc(N3CCNC3=O)ccc2Cl)c(OC)c1. The summed E-state index contributed by atoms with van der Waals surface area (Å²) in [6, 6.07) is 10.5. The maximum atomic E-state index is 13.5. The number of hydrogen-bond acceptors (Lipinski definition) is 4. The monoisotopic (exact) mass is 429 g/mol. The van der Waals surface area contributed by atoms with Gasteiger partial charge in [0.05, 0.1) is 30.8 Å². The van der Waals surface area contributed by atoms with Crippen molar-refractivity contribution in [1.29, 1.82) is 0 Å². The summed E-state index contributed by atoms with van der Waals surface area (Å²) in [5.41, 5.74) is 2.00. The first-order valence-electron chi connectivity index (χ1n) is 9.91. The molecule has 0 bridgehead atoms. The van der Waals surface area contributed by atoms with E-state index in [1.165, 1.54) is 0 Å². The number of anilines is 1. The third-order valence-electron chi connectivity index (χ3n) is 5.66. The first-order valence-corrected chi connectivity index (χ1v) is 10.3. The molecule has 30 heavy (non-hydrogen) atoms. The quantitative estimate of drug-likeness (QED) is 0.783. The van der Waals surface area contributed by atoms with Gasteiger partial charge < -0.3 is 19.7 Å². The molecule has 0 radical (unpaired) electrons. The standard InChI is InChI=1S/C22H24ClN3O4/c1-29-15-6-7-16(20(13-15)30-2)19-4-3-10-26(19)21(27)17-12-14(5-8-18(17)23)25-11-9-24-22(25)28/h5-8,12-13,19H,3-4,9-11H2,1-2H3,(H,24,28)/t19-/m1/s1. The van der Waals surface area contributed by atoms with E-state index in [-0.39, 0.29) is 18.0 Å². The molecule has 158 valence electrons. The van der Waals surface area contributed by atoms with E-state index in [1.807, 2.05) is 23.1 Å². The second kappa shape index (κ2) is 8.44. The molecular weight excluding hydrogens is 406 g/mol. The number of hydrogen-bond donors (Lipinski definition) is 1. The fraction of sp³-hybridized carbons (Fsp3) is 0.364. The number of halogens is 1. The number of methoxy groups -OCH3 is 2. The van der Waals surface area contributed by atoms with Gasteiger partial charge in [0.25, 0.3) is 5.91 Å². The largest absolute Gasteiger partial charge is 0.497 e. The van der Waals surface area contributed by atoms with E-state index >= 15 is 0 Å². The highest BCUT2D eigenvalue weighted by Gasteiger charge is 2.34. The number of rotatable bonds is 5. The van der Waals surface area contributed by atoms with Crippen LogP contribution in [0.3, 0.4) is 0 Å². The molecule has 7 nitrogen and oxygen atoms in total. The van der Waals surface area contributed by atoms with Crippen LogP contribution in [0.1, 0.15) is 34.8 Å². The van der Waals surface area contributed by atoms with Crippen LogP contribution in [0, 0.1) is 0 Å². The Morgan fingerprint density at radius 1 is 1.13 bits per heavy atom. The van der Waals surface area contributed by atoms with Crippen LogP contribution in [-0.4, -0.2) is 50.7 Å². The fourth-order valence-electron chi connectivity index (χ4n) is 4.14. The normalized spacial score (nSPS) is 18.5. The average molecular weight is 430 g/mol. The number of carbonyl (C=O) groups excluding carboxylic acids is 2. The molecule has 3 amide bonds. The summed E-state index contributed by atoms with van der Waals surface area (Å²) in [5.74, 6) is 1.24. The van der Waals surface area contributed by atoms with Gasteiger partial charge in [-0.15, -0.1) is 0 Å². The minimum absolute atomic E-state index is 0.117. The Balaban J connectivity index is 1.65. The molecule has 8 heteroatoms. The van der Waals surface area contributed by atoms with Crippen LogP contribution < -0.4 is 19.7 Å². The number of carbonyl (C=O) groups is 2. The summed E-state index contributed by atoms with van der Waals surface area (Å²) in [5, 5.41) is 3.14. The third-order valence-corrected chi connectivity index (χ3v) is 5.99. The number of likely N-dealkylation sites (tertiary alicyclic amines) is 1. The number of benzene rings is 2. The zero-order valence-electron chi connectivity index (χ0n) is 17.0. The van der Waals surface area contributed by atoms with Crippen molar-refractivity contribution >= 4 is 29.2 Å². The van der Waals surface area contributed by atoms with E-state index in [2.05, 4.69) is 5.32 Å². The van der Waals surface area contributed by atoms with Crippen molar-refractivity contribution in [2.24, 2.45) is 0 Å². The topological polar surface area (TPSA) is 71.1 Å². The molecule has 0 unspecified atom stereocenters. The lowest BCUT2D eigenvalue weighted by Gasteiger charge is -2.27. The van der Waals surface area contributed by atoms with Crippen LogP contribution >= 0.6 is 11.6 Å². The lowest BCUT2D eigenvalue weighted by Crippen LogP contribution is -2.32. The van der Waals surface area contributed by atoms with E-state index in [4.69, 9.17) is 21.1 Å². The zero-order valence-corrected chi connectivity index (χ0v) is 17.7. The molecule has 2 heterocycles. The summed E-state index contributed by atoms with van der Waals surface area (Å²) >= 11 is 6.40. The highest BCUT2D eigenvalue weighted by Crippen LogP contribution is 2.40. The van der Waals surface area contributed by atoms with Gasteiger partial charge in [0.2, 0.25) is 0 Å². The van der Waals surface area contributed by atoms with Gasteiger partial charge in [0.15, 0.2) is 0 Å². The minimum atomic E-state index is -0.169. The van der Waals surface area contributed by atoms with E-state index in [0.717, 1.165) is 18.4 Å². The van der Waals surface area contributed by atoms with Crippen molar-refractivity contribution in [1.82, 2.24) is 10.2 Å². The summed E-state index contributed by atoms with van der Waals surface area (Å²) in [4.78, 5) is 28.9. The molecule has 2 aliphatic heterocycles. The van der Waals surface area contributed by atoms with E-state index in [0.29, 0.717) is 47.4 Å². The first-order chi connectivity index (χ1) is 14.5. The Bertz CT molecular complexity index is 981. The van der Waals surface area contributed by atoms with Crippen molar-refractivity contribution in [2.45, 2.75) is 18.9 Å². The molecular formula is C22H24ClN3O4. The van der Waals surface area contributed by atoms with Gasteiger partial charge in [0, 0.05) is 37.0 Å². The summed E-state index contributed by atoms with van der Waals surface area (Å²) in [7, 11) is 3.22. The Hall–Kier alpha value is -2.93. The third kappa shape index (κ3) is 3.65. The lowest BCUT2D eigenvalue weighted by atomic mass is 10.0. The minimum Gasteiger partial charge on any atom is -0.497 e. The Morgan fingerprint density at radius 2 is 1.97 bits per heavy atom. The molecule has 0 aliphatic carbocycles.